The second-order valence-electron chi connectivity index (χ2n) is 8.71. The summed E-state index contributed by atoms with van der Waals surface area (Å²) in [4.78, 5) is 37.8. The van der Waals surface area contributed by atoms with E-state index in [4.69, 9.17) is 14.9 Å². The van der Waals surface area contributed by atoms with Gasteiger partial charge in [-0.1, -0.05) is 29.2 Å². The smallest absolute Gasteiger partial charge is 0.256 e. The van der Waals surface area contributed by atoms with Gasteiger partial charge in [-0.3, -0.25) is 19.5 Å². The van der Waals surface area contributed by atoms with Gasteiger partial charge in [0.1, 0.15) is 16.1 Å². The lowest BCUT2D eigenvalue weighted by molar-refractivity contribution is -0.117. The molecule has 3 aromatic rings. The fourth-order valence-electron chi connectivity index (χ4n) is 4.07. The lowest BCUT2D eigenvalue weighted by Crippen LogP contribution is -2.37. The number of benzene rings is 1. The molecule has 0 unspecified atom stereocenters. The predicted octanol–water partition coefficient (Wildman–Crippen LogP) is 2.51. The van der Waals surface area contributed by atoms with Crippen molar-refractivity contribution in [3.05, 3.63) is 59.2 Å². The molecule has 0 spiro atoms. The van der Waals surface area contributed by atoms with Crippen molar-refractivity contribution >= 4 is 55.3 Å². The van der Waals surface area contributed by atoms with Crippen molar-refractivity contribution < 1.29 is 18.7 Å². The molecule has 2 aromatic heterocycles. The highest BCUT2D eigenvalue weighted by Crippen LogP contribution is 2.35. The number of morpholine rings is 1. The van der Waals surface area contributed by atoms with E-state index in [0.29, 0.717) is 35.7 Å². The van der Waals surface area contributed by atoms with Gasteiger partial charge in [0.05, 0.1) is 48.4 Å². The van der Waals surface area contributed by atoms with Gasteiger partial charge in [0.15, 0.2) is 5.13 Å². The number of aryl methyl sites for hydroxylation is 1. The normalized spacial score (nSPS) is 19.6. The second kappa shape index (κ2) is 11.5. The number of carbonyl (C=O) groups excluding carboxylic acids is 2. The van der Waals surface area contributed by atoms with E-state index in [0.717, 1.165) is 35.4 Å². The zero-order chi connectivity index (χ0) is 25.8. The number of furan rings is 1. The van der Waals surface area contributed by atoms with E-state index < -0.39 is 11.2 Å². The second-order valence-corrected chi connectivity index (χ2v) is 10.8. The summed E-state index contributed by atoms with van der Waals surface area (Å²) in [5, 5.41) is 5.86. The molecule has 1 saturated heterocycles. The first-order valence-corrected chi connectivity index (χ1v) is 13.7. The zero-order valence-electron chi connectivity index (χ0n) is 20.4. The Bertz CT molecular complexity index is 1340. The highest BCUT2D eigenvalue weighted by Gasteiger charge is 2.38. The Morgan fingerprint density at radius 3 is 2.89 bits per heavy atom. The molecule has 0 bridgehead atoms. The minimum absolute atomic E-state index is 0.182. The van der Waals surface area contributed by atoms with Crippen LogP contribution in [-0.4, -0.2) is 71.4 Å². The molecule has 4 heterocycles. The molecule has 1 fully saturated rings. The Kier molecular flexibility index (Phi) is 7.89. The Balaban J connectivity index is 1.32. The van der Waals surface area contributed by atoms with Gasteiger partial charge < -0.3 is 25.5 Å². The lowest BCUT2D eigenvalue weighted by atomic mass is 10.1. The highest BCUT2D eigenvalue weighted by atomic mass is 32.2. The Morgan fingerprint density at radius 1 is 1.27 bits per heavy atom. The van der Waals surface area contributed by atoms with Crippen molar-refractivity contribution in [3.8, 4) is 0 Å². The van der Waals surface area contributed by atoms with E-state index in [1.54, 1.807) is 18.4 Å². The van der Waals surface area contributed by atoms with E-state index in [1.165, 1.54) is 23.1 Å². The highest BCUT2D eigenvalue weighted by molar-refractivity contribution is 8.16. The van der Waals surface area contributed by atoms with E-state index in [2.05, 4.69) is 25.5 Å². The molecule has 2 amide bonds. The first-order chi connectivity index (χ1) is 18.0. The van der Waals surface area contributed by atoms with Gasteiger partial charge in [0.2, 0.25) is 5.91 Å². The van der Waals surface area contributed by atoms with Crippen molar-refractivity contribution in [1.82, 2.24) is 15.2 Å². The summed E-state index contributed by atoms with van der Waals surface area (Å²) in [6.07, 6.45) is 1.54. The molecule has 5 rings (SSSR count). The molecule has 194 valence electrons. The zero-order valence-corrected chi connectivity index (χ0v) is 22.0. The topological polar surface area (TPSA) is 135 Å². The molecule has 37 heavy (non-hydrogen) atoms. The Hall–Kier alpha value is -3.19. The van der Waals surface area contributed by atoms with Gasteiger partial charge in [-0.05, 0) is 36.8 Å². The summed E-state index contributed by atoms with van der Waals surface area (Å²) in [7, 11) is 0. The number of rotatable bonds is 8. The summed E-state index contributed by atoms with van der Waals surface area (Å²) in [5.74, 6) is -0.116. The van der Waals surface area contributed by atoms with Gasteiger partial charge in [-0.25, -0.2) is 4.98 Å². The van der Waals surface area contributed by atoms with Crippen molar-refractivity contribution in [2.24, 2.45) is 10.7 Å². The third-order valence-electron chi connectivity index (χ3n) is 6.03. The van der Waals surface area contributed by atoms with Crippen molar-refractivity contribution in [3.63, 3.8) is 0 Å². The minimum atomic E-state index is -0.791. The number of nitrogens with one attached hydrogen (secondary N) is 2. The number of hydrogen-bond acceptors (Lipinski definition) is 10. The molecule has 12 heteroatoms. The third kappa shape index (κ3) is 6.04. The van der Waals surface area contributed by atoms with E-state index in [-0.39, 0.29) is 23.7 Å². The van der Waals surface area contributed by atoms with E-state index >= 15 is 0 Å². The number of thioether (sulfide) groups is 1. The van der Waals surface area contributed by atoms with E-state index in [1.807, 2.05) is 25.1 Å². The number of nitrogens with zero attached hydrogens (tertiary/aromatic N) is 3. The number of aliphatic imine (C=N–C) groups is 1. The molecule has 0 aliphatic carbocycles. The molecule has 1 aromatic carbocycles. The molecule has 1 atom stereocenters. The van der Waals surface area contributed by atoms with Gasteiger partial charge in [0.25, 0.3) is 5.91 Å². The fraction of sp³-hybridized carbons (Fsp3) is 0.360. The molecular weight excluding hydrogens is 512 g/mol. The molecule has 10 nitrogen and oxygen atoms in total. The van der Waals surface area contributed by atoms with Gasteiger partial charge in [0, 0.05) is 25.3 Å². The number of hydrogen-bond donors (Lipinski definition) is 3. The maximum Gasteiger partial charge on any atom is 0.256 e. The quantitative estimate of drug-likeness (QED) is 0.397. The summed E-state index contributed by atoms with van der Waals surface area (Å²) in [6.45, 7) is 6.52. The number of nitrogens with two attached hydrogens (primary N) is 1. The van der Waals surface area contributed by atoms with Crippen molar-refractivity contribution in [2.75, 3.05) is 44.7 Å². The molecule has 0 saturated carbocycles. The van der Waals surface area contributed by atoms with Gasteiger partial charge >= 0.3 is 0 Å². The van der Waals surface area contributed by atoms with Crippen LogP contribution in [0.1, 0.15) is 11.3 Å². The van der Waals surface area contributed by atoms with Crippen molar-refractivity contribution in [2.45, 2.75) is 18.7 Å². The van der Waals surface area contributed by atoms with Crippen LogP contribution in [0.25, 0.3) is 10.2 Å². The number of anilines is 1. The number of thiazole rings is 1. The maximum atomic E-state index is 13.2. The number of carbonyl (C=O) groups is 2. The Morgan fingerprint density at radius 2 is 2.11 bits per heavy atom. The Labute approximate surface area is 222 Å². The monoisotopic (exact) mass is 540 g/mol. The number of aromatic nitrogens is 1. The maximum absolute atomic E-state index is 13.2. The third-order valence-corrected chi connectivity index (χ3v) is 8.23. The largest absolute Gasteiger partial charge is 0.467 e. The first-order valence-electron chi connectivity index (χ1n) is 12.0. The standard InChI is InChI=1S/C25H28N6O4S2/c1-15-4-5-17-18(13-15)36-25(29-17)30-23(33)21-20(26)19(22(32)28-14-16-3-2-10-35-16)24(37-21)27-6-7-31-8-11-34-12-9-31/h2-5,10,13,21H,6-9,11-12,14,26H2,1H3,(H,28,32)(H,29,30,33)/t21-/m0/s1. The number of ether oxygens (including phenoxy) is 1. The average molecular weight is 541 g/mol. The summed E-state index contributed by atoms with van der Waals surface area (Å²) < 4.78 is 11.7. The molecule has 4 N–H and O–H groups in total. The molecular formula is C25H28N6O4S2. The first kappa shape index (κ1) is 25.5. The summed E-state index contributed by atoms with van der Waals surface area (Å²) in [6, 6.07) is 9.46. The van der Waals surface area contributed by atoms with Crippen LogP contribution < -0.4 is 16.4 Å². The lowest BCUT2D eigenvalue weighted by Gasteiger charge is -2.25. The predicted molar refractivity (Wildman–Crippen MR) is 146 cm³/mol. The SMILES string of the molecule is Cc1ccc2nc(NC(=O)[C@H]3SC(=NCCN4CCOCC4)C(C(=O)NCc4ccco4)=C3N)sc2c1. The summed E-state index contributed by atoms with van der Waals surface area (Å²) in [5.41, 5.74) is 8.77. The van der Waals surface area contributed by atoms with Crippen LogP contribution in [0.5, 0.6) is 0 Å². The number of fused-ring (bicyclic) bond motifs is 1. The molecule has 2 aliphatic heterocycles. The van der Waals surface area contributed by atoms with Crippen LogP contribution in [0, 0.1) is 6.92 Å². The van der Waals surface area contributed by atoms with Crippen LogP contribution in [0.3, 0.4) is 0 Å². The van der Waals surface area contributed by atoms with Gasteiger partial charge in [-0.15, -0.1) is 0 Å². The molecule has 0 radical (unpaired) electrons. The van der Waals surface area contributed by atoms with E-state index in [9.17, 15) is 9.59 Å². The number of amides is 2. The van der Waals surface area contributed by atoms with Crippen LogP contribution in [-0.2, 0) is 20.9 Å². The van der Waals surface area contributed by atoms with Gasteiger partial charge in [-0.2, -0.15) is 0 Å². The van der Waals surface area contributed by atoms with Crippen LogP contribution >= 0.6 is 23.1 Å². The molecule has 2 aliphatic rings. The summed E-state index contributed by atoms with van der Waals surface area (Å²) >= 11 is 2.59. The average Bonchev–Trinajstić information content (AvgIpc) is 3.62. The van der Waals surface area contributed by atoms with Crippen LogP contribution in [0.15, 0.2) is 57.3 Å². The fourth-order valence-corrected chi connectivity index (χ4v) is 6.17. The minimum Gasteiger partial charge on any atom is -0.467 e. The van der Waals surface area contributed by atoms with Crippen LogP contribution in [0.2, 0.25) is 0 Å². The van der Waals surface area contributed by atoms with Crippen molar-refractivity contribution in [1.29, 1.82) is 0 Å². The van der Waals surface area contributed by atoms with Crippen LogP contribution in [0.4, 0.5) is 5.13 Å².